The van der Waals surface area contributed by atoms with E-state index in [0.717, 1.165) is 0 Å². The van der Waals surface area contributed by atoms with Crippen LogP contribution in [0.2, 0.25) is 0 Å². The molecule has 1 amide bonds. The van der Waals surface area contributed by atoms with Crippen molar-refractivity contribution in [2.45, 2.75) is 12.5 Å². The van der Waals surface area contributed by atoms with Gasteiger partial charge in [0.05, 0.1) is 0 Å². The van der Waals surface area contributed by atoms with Gasteiger partial charge in [0.25, 0.3) is 5.91 Å². The van der Waals surface area contributed by atoms with Crippen LogP contribution in [-0.2, 0) is 11.2 Å². The number of carbonyl (C=O) groups is 1. The summed E-state index contributed by atoms with van der Waals surface area (Å²) in [5, 5.41) is 11.6. The van der Waals surface area contributed by atoms with Gasteiger partial charge in [-0.2, -0.15) is 0 Å². The zero-order valence-corrected chi connectivity index (χ0v) is 13.1. The molecular weight excluding hydrogens is 331 g/mol. The third kappa shape index (κ3) is 2.83. The summed E-state index contributed by atoms with van der Waals surface area (Å²) in [6.45, 7) is 0. The van der Waals surface area contributed by atoms with E-state index in [1.54, 1.807) is 6.20 Å². The maximum Gasteiger partial charge on any atom is 0.267 e. The first-order valence-electron chi connectivity index (χ1n) is 7.20. The quantitative estimate of drug-likeness (QED) is 0.792. The number of hydrogen-bond acceptors (Lipinski definition) is 6. The first-order valence-corrected chi connectivity index (χ1v) is 8.01. The average molecular weight is 342 g/mol. The summed E-state index contributed by atoms with van der Waals surface area (Å²) in [6.07, 6.45) is 1.28. The van der Waals surface area contributed by atoms with Gasteiger partial charge in [-0.3, -0.25) is 15.1 Å². The summed E-state index contributed by atoms with van der Waals surface area (Å²) in [7, 11) is 0. The lowest BCUT2D eigenvalue weighted by Crippen LogP contribution is -2.31. The van der Waals surface area contributed by atoms with Gasteiger partial charge < -0.3 is 4.74 Å². The Hall–Kier alpha value is -2.87. The molecule has 0 saturated heterocycles. The highest BCUT2D eigenvalue weighted by atomic mass is 32.1. The third-order valence-corrected chi connectivity index (χ3v) is 4.39. The summed E-state index contributed by atoms with van der Waals surface area (Å²) in [5.74, 6) is -0.152. The van der Waals surface area contributed by atoms with Crippen LogP contribution in [0.3, 0.4) is 0 Å². The number of aromatic nitrogens is 3. The van der Waals surface area contributed by atoms with Crippen molar-refractivity contribution >= 4 is 22.4 Å². The number of rotatable bonds is 3. The van der Waals surface area contributed by atoms with Gasteiger partial charge >= 0.3 is 0 Å². The van der Waals surface area contributed by atoms with E-state index in [4.69, 9.17) is 4.74 Å². The molecule has 1 atom stereocenters. The normalized spacial score (nSPS) is 15.6. The number of benzene rings is 1. The zero-order valence-electron chi connectivity index (χ0n) is 12.3. The molecule has 0 spiro atoms. The highest BCUT2D eigenvalue weighted by Gasteiger charge is 2.30. The highest BCUT2D eigenvalue weighted by molar-refractivity contribution is 7.18. The lowest BCUT2D eigenvalue weighted by Gasteiger charge is -2.08. The van der Waals surface area contributed by atoms with Crippen molar-refractivity contribution in [1.29, 1.82) is 0 Å². The highest BCUT2D eigenvalue weighted by Crippen LogP contribution is 2.30. The molecule has 120 valence electrons. The molecule has 0 aliphatic carbocycles. The predicted octanol–water partition coefficient (Wildman–Crippen LogP) is 2.68. The molecule has 0 fully saturated rings. The second-order valence-corrected chi connectivity index (χ2v) is 6.16. The lowest BCUT2D eigenvalue weighted by molar-refractivity contribution is -0.122. The minimum atomic E-state index is -0.705. The molecule has 1 unspecified atom stereocenters. The number of pyridine rings is 1. The van der Waals surface area contributed by atoms with E-state index in [0.29, 0.717) is 33.6 Å². The van der Waals surface area contributed by atoms with Crippen LogP contribution in [0.4, 0.5) is 9.52 Å². The summed E-state index contributed by atoms with van der Waals surface area (Å²) < 4.78 is 18.8. The van der Waals surface area contributed by atoms with Gasteiger partial charge in [0.1, 0.15) is 17.3 Å². The Morgan fingerprint density at radius 3 is 3.04 bits per heavy atom. The minimum Gasteiger partial charge on any atom is -0.480 e. The smallest absolute Gasteiger partial charge is 0.267 e. The number of nitrogens with one attached hydrogen (secondary N) is 1. The van der Waals surface area contributed by atoms with Crippen molar-refractivity contribution < 1.29 is 13.9 Å². The molecule has 1 aromatic carbocycles. The summed E-state index contributed by atoms with van der Waals surface area (Å²) in [4.78, 5) is 16.5. The molecule has 0 saturated carbocycles. The number of fused-ring (bicyclic) bond motifs is 1. The van der Waals surface area contributed by atoms with Gasteiger partial charge in [-0.15, -0.1) is 10.2 Å². The monoisotopic (exact) mass is 342 g/mol. The third-order valence-electron chi connectivity index (χ3n) is 3.53. The Morgan fingerprint density at radius 2 is 2.21 bits per heavy atom. The summed E-state index contributed by atoms with van der Waals surface area (Å²) in [5.41, 5.74) is 1.37. The SMILES string of the molecule is O=C(Nc1nnc(-c2ccccn2)s1)C1Cc2cc(F)ccc2O1. The van der Waals surface area contributed by atoms with Crippen molar-refractivity contribution in [3.63, 3.8) is 0 Å². The fourth-order valence-electron chi connectivity index (χ4n) is 2.42. The number of nitrogens with zero attached hydrogens (tertiary/aromatic N) is 3. The molecule has 3 aromatic rings. The molecule has 0 bridgehead atoms. The fraction of sp³-hybridized carbons (Fsp3) is 0.125. The fourth-order valence-corrected chi connectivity index (χ4v) is 3.14. The van der Waals surface area contributed by atoms with Gasteiger partial charge in [-0.25, -0.2) is 4.39 Å². The van der Waals surface area contributed by atoms with E-state index < -0.39 is 6.10 Å². The molecular formula is C16H11FN4O2S. The largest absolute Gasteiger partial charge is 0.480 e. The van der Waals surface area contributed by atoms with E-state index in [9.17, 15) is 9.18 Å². The number of anilines is 1. The molecule has 4 rings (SSSR count). The van der Waals surface area contributed by atoms with Crippen LogP contribution in [0, 0.1) is 5.82 Å². The molecule has 24 heavy (non-hydrogen) atoms. The van der Waals surface area contributed by atoms with Crippen LogP contribution < -0.4 is 10.1 Å². The second kappa shape index (κ2) is 5.97. The van der Waals surface area contributed by atoms with Gasteiger partial charge in [-0.1, -0.05) is 17.4 Å². The van der Waals surface area contributed by atoms with Crippen LogP contribution in [-0.4, -0.2) is 27.2 Å². The number of halogens is 1. The molecule has 2 aromatic heterocycles. The van der Waals surface area contributed by atoms with Crippen molar-refractivity contribution in [1.82, 2.24) is 15.2 Å². The van der Waals surface area contributed by atoms with E-state index in [-0.39, 0.29) is 11.7 Å². The van der Waals surface area contributed by atoms with E-state index in [2.05, 4.69) is 20.5 Å². The Kier molecular flexibility index (Phi) is 3.66. The van der Waals surface area contributed by atoms with Crippen molar-refractivity contribution in [2.75, 3.05) is 5.32 Å². The first-order chi connectivity index (χ1) is 11.7. The molecule has 8 heteroatoms. The van der Waals surface area contributed by atoms with Crippen LogP contribution in [0.25, 0.3) is 10.7 Å². The molecule has 6 nitrogen and oxygen atoms in total. The predicted molar refractivity (Wildman–Crippen MR) is 86.3 cm³/mol. The molecule has 3 heterocycles. The van der Waals surface area contributed by atoms with Crippen molar-refractivity contribution in [3.8, 4) is 16.5 Å². The van der Waals surface area contributed by atoms with Crippen LogP contribution in [0.1, 0.15) is 5.56 Å². The summed E-state index contributed by atoms with van der Waals surface area (Å²) >= 11 is 1.23. The lowest BCUT2D eigenvalue weighted by atomic mass is 10.1. The molecule has 1 aliphatic rings. The molecule has 1 N–H and O–H groups in total. The number of hydrogen-bond donors (Lipinski definition) is 1. The minimum absolute atomic E-state index is 0.324. The number of amides is 1. The average Bonchev–Trinajstić information content (AvgIpc) is 3.22. The Morgan fingerprint density at radius 1 is 1.29 bits per heavy atom. The zero-order chi connectivity index (χ0) is 16.5. The number of carbonyl (C=O) groups excluding carboxylic acids is 1. The van der Waals surface area contributed by atoms with Crippen molar-refractivity contribution in [2.24, 2.45) is 0 Å². The Balaban J connectivity index is 1.45. The van der Waals surface area contributed by atoms with Crippen LogP contribution >= 0.6 is 11.3 Å². The van der Waals surface area contributed by atoms with Crippen LogP contribution in [0.5, 0.6) is 5.75 Å². The first kappa shape index (κ1) is 14.7. The molecule has 1 aliphatic heterocycles. The van der Waals surface area contributed by atoms with Crippen LogP contribution in [0.15, 0.2) is 42.6 Å². The van der Waals surface area contributed by atoms with Crippen molar-refractivity contribution in [3.05, 3.63) is 54.0 Å². The topological polar surface area (TPSA) is 77.0 Å². The van der Waals surface area contributed by atoms with Gasteiger partial charge in [0.2, 0.25) is 5.13 Å². The van der Waals surface area contributed by atoms with E-state index >= 15 is 0 Å². The molecule has 0 radical (unpaired) electrons. The van der Waals surface area contributed by atoms with Gasteiger partial charge in [0, 0.05) is 18.2 Å². The number of ether oxygens (including phenoxy) is 1. The van der Waals surface area contributed by atoms with E-state index in [1.165, 1.54) is 29.5 Å². The maximum atomic E-state index is 13.2. The second-order valence-electron chi connectivity index (χ2n) is 5.18. The Bertz CT molecular complexity index is 900. The van der Waals surface area contributed by atoms with Gasteiger partial charge in [-0.05, 0) is 30.3 Å². The Labute approximate surface area is 140 Å². The standard InChI is InChI=1S/C16H11FN4O2S/c17-10-4-5-12-9(7-10)8-13(23-12)14(22)19-16-21-20-15(24-16)11-3-1-2-6-18-11/h1-7,13H,8H2,(H,19,21,22). The van der Waals surface area contributed by atoms with E-state index in [1.807, 2.05) is 18.2 Å². The summed E-state index contributed by atoms with van der Waals surface area (Å²) in [6, 6.07) is 9.70. The van der Waals surface area contributed by atoms with Gasteiger partial charge in [0.15, 0.2) is 11.1 Å². The maximum absolute atomic E-state index is 13.2.